The van der Waals surface area contributed by atoms with Crippen LogP contribution in [0.25, 0.3) is 0 Å². The van der Waals surface area contributed by atoms with Gasteiger partial charge in [0, 0.05) is 26.2 Å². The molecule has 2 heterocycles. The van der Waals surface area contributed by atoms with Crippen LogP contribution in [0, 0.1) is 0 Å². The lowest BCUT2D eigenvalue weighted by Crippen LogP contribution is -2.41. The zero-order chi connectivity index (χ0) is 13.8. The third kappa shape index (κ3) is 3.64. The highest BCUT2D eigenvalue weighted by Gasteiger charge is 2.18. The van der Waals surface area contributed by atoms with Crippen LogP contribution in [0.3, 0.4) is 0 Å². The van der Waals surface area contributed by atoms with Crippen LogP contribution in [0.5, 0.6) is 0 Å². The second-order valence-corrected chi connectivity index (χ2v) is 5.22. The summed E-state index contributed by atoms with van der Waals surface area (Å²) in [4.78, 5) is 13.2. The van der Waals surface area contributed by atoms with Crippen molar-refractivity contribution in [2.45, 2.75) is 31.8 Å². The van der Waals surface area contributed by atoms with Gasteiger partial charge in [0.25, 0.3) is 5.91 Å². The molecule has 1 aromatic rings. The molecule has 19 heavy (non-hydrogen) atoms. The molecule has 0 aliphatic carbocycles. The number of piperidine rings is 1. The van der Waals surface area contributed by atoms with E-state index < -0.39 is 0 Å². The fourth-order valence-corrected chi connectivity index (χ4v) is 2.22. The number of amides is 1. The molecule has 6 nitrogen and oxygen atoms in total. The first-order valence-corrected chi connectivity index (χ1v) is 6.61. The topological polar surface area (TPSA) is 70.2 Å². The Kier molecular flexibility index (Phi) is 4.31. The maximum absolute atomic E-state index is 11.7. The molecule has 6 heteroatoms. The quantitative estimate of drug-likeness (QED) is 0.841. The van der Waals surface area contributed by atoms with Gasteiger partial charge in [-0.25, -0.2) is 0 Å². The van der Waals surface area contributed by atoms with E-state index in [1.54, 1.807) is 20.2 Å². The molecule has 1 aliphatic rings. The molecule has 2 unspecified atom stereocenters. The molecule has 0 spiro atoms. The minimum atomic E-state index is -0.130. The third-order valence-corrected chi connectivity index (χ3v) is 3.27. The number of carbonyl (C=O) groups is 1. The maximum Gasteiger partial charge on any atom is 0.273 e. The Bertz CT molecular complexity index is 431. The van der Waals surface area contributed by atoms with E-state index in [-0.39, 0.29) is 5.91 Å². The van der Waals surface area contributed by atoms with E-state index in [2.05, 4.69) is 27.8 Å². The summed E-state index contributed by atoms with van der Waals surface area (Å²) in [5.41, 5.74) is 0.370. The smallest absolute Gasteiger partial charge is 0.273 e. The second-order valence-electron chi connectivity index (χ2n) is 5.22. The molecule has 104 valence electrons. The van der Waals surface area contributed by atoms with E-state index >= 15 is 0 Å². The summed E-state index contributed by atoms with van der Waals surface area (Å²) in [5.74, 6) is 0.601. The van der Waals surface area contributed by atoms with Crippen LogP contribution >= 0.6 is 0 Å². The van der Waals surface area contributed by atoms with Crippen molar-refractivity contribution < 1.29 is 4.79 Å². The van der Waals surface area contributed by atoms with Crippen LogP contribution < -0.4 is 10.6 Å². The van der Waals surface area contributed by atoms with E-state index in [1.807, 2.05) is 6.07 Å². The van der Waals surface area contributed by atoms with Crippen LogP contribution in [-0.2, 0) is 0 Å². The lowest BCUT2D eigenvalue weighted by molar-refractivity contribution is 0.0821. The number of aromatic nitrogens is 2. The summed E-state index contributed by atoms with van der Waals surface area (Å²) in [7, 11) is 3.40. The lowest BCUT2D eigenvalue weighted by Gasteiger charge is -2.28. The Morgan fingerprint density at radius 3 is 2.79 bits per heavy atom. The number of hydrogen-bond acceptors (Lipinski definition) is 5. The largest absolute Gasteiger partial charge is 0.366 e. The van der Waals surface area contributed by atoms with Crippen LogP contribution in [0.15, 0.2) is 12.1 Å². The fraction of sp³-hybridized carbons (Fsp3) is 0.615. The van der Waals surface area contributed by atoms with Crippen LogP contribution in [0.4, 0.5) is 5.82 Å². The SMILES string of the molecule is CC1CC(Nc2ccc(C(=O)N(C)C)nn2)CCN1. The van der Waals surface area contributed by atoms with E-state index in [1.165, 1.54) is 4.90 Å². The Morgan fingerprint density at radius 1 is 1.42 bits per heavy atom. The van der Waals surface area contributed by atoms with E-state index in [0.29, 0.717) is 17.8 Å². The van der Waals surface area contributed by atoms with Gasteiger partial charge in [-0.05, 0) is 38.4 Å². The molecule has 0 bridgehead atoms. The number of nitrogens with one attached hydrogen (secondary N) is 2. The number of nitrogens with zero attached hydrogens (tertiary/aromatic N) is 3. The average Bonchev–Trinajstić information content (AvgIpc) is 2.39. The van der Waals surface area contributed by atoms with Crippen molar-refractivity contribution in [3.05, 3.63) is 17.8 Å². The van der Waals surface area contributed by atoms with Crippen molar-refractivity contribution >= 4 is 11.7 Å². The number of hydrogen-bond donors (Lipinski definition) is 2. The zero-order valence-corrected chi connectivity index (χ0v) is 11.7. The Hall–Kier alpha value is -1.69. The molecule has 0 aromatic carbocycles. The first-order chi connectivity index (χ1) is 9.06. The molecule has 1 aliphatic heterocycles. The Labute approximate surface area is 113 Å². The standard InChI is InChI=1S/C13H21N5O/c1-9-8-10(6-7-14-9)15-12-5-4-11(16-17-12)13(19)18(2)3/h4-5,9-10,14H,6-8H2,1-3H3,(H,15,17). The van der Waals surface area contributed by atoms with E-state index in [4.69, 9.17) is 0 Å². The molecule has 1 aromatic heterocycles. The second kappa shape index (κ2) is 5.97. The van der Waals surface area contributed by atoms with Gasteiger partial charge in [0.05, 0.1) is 0 Å². The molecule has 2 rings (SSSR count). The predicted octanol–water partition coefficient (Wildman–Crippen LogP) is 0.731. The molecule has 1 amide bonds. The van der Waals surface area contributed by atoms with Gasteiger partial charge in [-0.1, -0.05) is 0 Å². The van der Waals surface area contributed by atoms with Crippen molar-refractivity contribution in [2.75, 3.05) is 26.0 Å². The van der Waals surface area contributed by atoms with Crippen molar-refractivity contribution in [3.8, 4) is 0 Å². The predicted molar refractivity (Wildman–Crippen MR) is 74.2 cm³/mol. The van der Waals surface area contributed by atoms with Gasteiger partial charge in [-0.2, -0.15) is 0 Å². The summed E-state index contributed by atoms with van der Waals surface area (Å²) in [5, 5.41) is 14.8. The summed E-state index contributed by atoms with van der Waals surface area (Å²) >= 11 is 0. The number of rotatable bonds is 3. The minimum absolute atomic E-state index is 0.130. The van der Waals surface area contributed by atoms with Crippen molar-refractivity contribution in [2.24, 2.45) is 0 Å². The van der Waals surface area contributed by atoms with Crippen LogP contribution in [0.2, 0.25) is 0 Å². The number of anilines is 1. The number of carbonyl (C=O) groups excluding carboxylic acids is 1. The zero-order valence-electron chi connectivity index (χ0n) is 11.7. The van der Waals surface area contributed by atoms with Gasteiger partial charge in [-0.3, -0.25) is 4.79 Å². The van der Waals surface area contributed by atoms with Crippen LogP contribution in [0.1, 0.15) is 30.3 Å². The Morgan fingerprint density at radius 2 is 2.21 bits per heavy atom. The van der Waals surface area contributed by atoms with E-state index in [9.17, 15) is 4.79 Å². The lowest BCUT2D eigenvalue weighted by atomic mass is 10.0. The molecule has 1 fully saturated rings. The summed E-state index contributed by atoms with van der Waals surface area (Å²) < 4.78 is 0. The normalized spacial score (nSPS) is 22.9. The van der Waals surface area contributed by atoms with Gasteiger partial charge in [0.2, 0.25) is 0 Å². The van der Waals surface area contributed by atoms with Gasteiger partial charge in [0.15, 0.2) is 5.69 Å². The van der Waals surface area contributed by atoms with Crippen molar-refractivity contribution in [3.63, 3.8) is 0 Å². The molecule has 0 radical (unpaired) electrons. The van der Waals surface area contributed by atoms with E-state index in [0.717, 1.165) is 25.2 Å². The third-order valence-electron chi connectivity index (χ3n) is 3.27. The molecule has 2 atom stereocenters. The highest BCUT2D eigenvalue weighted by molar-refractivity contribution is 5.91. The molecule has 2 N–H and O–H groups in total. The monoisotopic (exact) mass is 263 g/mol. The molecule has 1 saturated heterocycles. The summed E-state index contributed by atoms with van der Waals surface area (Å²) in [6.07, 6.45) is 2.14. The fourth-order valence-electron chi connectivity index (χ4n) is 2.22. The molecule has 0 saturated carbocycles. The van der Waals surface area contributed by atoms with Crippen molar-refractivity contribution in [1.29, 1.82) is 0 Å². The highest BCUT2D eigenvalue weighted by atomic mass is 16.2. The van der Waals surface area contributed by atoms with Crippen molar-refractivity contribution in [1.82, 2.24) is 20.4 Å². The maximum atomic E-state index is 11.7. The van der Waals surface area contributed by atoms with Gasteiger partial charge in [-0.15, -0.1) is 10.2 Å². The highest BCUT2D eigenvalue weighted by Crippen LogP contribution is 2.13. The van der Waals surface area contributed by atoms with Gasteiger partial charge in [0.1, 0.15) is 5.82 Å². The summed E-state index contributed by atoms with van der Waals surface area (Å²) in [6.45, 7) is 3.20. The summed E-state index contributed by atoms with van der Waals surface area (Å²) in [6, 6.07) is 4.47. The molecular weight excluding hydrogens is 242 g/mol. The van der Waals surface area contributed by atoms with Gasteiger partial charge >= 0.3 is 0 Å². The average molecular weight is 263 g/mol. The Balaban J connectivity index is 1.97. The van der Waals surface area contributed by atoms with Gasteiger partial charge < -0.3 is 15.5 Å². The first-order valence-electron chi connectivity index (χ1n) is 6.61. The minimum Gasteiger partial charge on any atom is -0.366 e. The first kappa shape index (κ1) is 13.7. The molecular formula is C13H21N5O. The van der Waals surface area contributed by atoms with Crippen LogP contribution in [-0.4, -0.2) is 53.7 Å².